The van der Waals surface area contributed by atoms with E-state index in [2.05, 4.69) is 39.9 Å². The molecule has 4 rings (SSSR count). The van der Waals surface area contributed by atoms with Crippen molar-refractivity contribution in [2.24, 2.45) is 0 Å². The third kappa shape index (κ3) is 3.61. The quantitative estimate of drug-likeness (QED) is 0.842. The number of likely N-dealkylation sites (tertiary alicyclic amines) is 3. The average molecular weight is 341 g/mol. The fourth-order valence-electron chi connectivity index (χ4n) is 5.03. The molecule has 0 N–H and O–H groups in total. The Labute approximate surface area is 151 Å². The summed E-state index contributed by atoms with van der Waals surface area (Å²) in [6, 6.07) is 9.33. The second-order valence-corrected chi connectivity index (χ2v) is 8.08. The molecule has 1 amide bonds. The SMILES string of the molecule is CN1CCCC1C1CCCN1C(=O)c1cccc(CN2CCCC2)c1. The molecule has 1 aromatic carbocycles. The number of benzene rings is 1. The lowest BCUT2D eigenvalue weighted by Crippen LogP contribution is -2.47. The molecule has 25 heavy (non-hydrogen) atoms. The van der Waals surface area contributed by atoms with E-state index in [4.69, 9.17) is 0 Å². The highest BCUT2D eigenvalue weighted by Crippen LogP contribution is 2.30. The molecule has 0 saturated carbocycles. The number of likely N-dealkylation sites (N-methyl/N-ethyl adjacent to an activating group) is 1. The first kappa shape index (κ1) is 17.0. The Bertz CT molecular complexity index is 611. The standard InChI is InChI=1S/C21H31N3O/c1-22-11-5-9-19(22)20-10-6-14-24(20)21(25)18-8-4-7-17(15-18)16-23-12-2-3-13-23/h4,7-8,15,19-20H,2-3,5-6,9-14,16H2,1H3. The lowest BCUT2D eigenvalue weighted by atomic mass is 10.0. The normalized spacial score (nSPS) is 28.1. The Hall–Kier alpha value is -1.39. The van der Waals surface area contributed by atoms with E-state index < -0.39 is 0 Å². The van der Waals surface area contributed by atoms with Gasteiger partial charge in [0.2, 0.25) is 0 Å². The van der Waals surface area contributed by atoms with Crippen molar-refractivity contribution in [2.45, 2.75) is 57.2 Å². The molecule has 0 aromatic heterocycles. The zero-order chi connectivity index (χ0) is 17.2. The molecule has 0 bridgehead atoms. The summed E-state index contributed by atoms with van der Waals surface area (Å²) in [5, 5.41) is 0. The van der Waals surface area contributed by atoms with Gasteiger partial charge in [0.15, 0.2) is 0 Å². The number of amides is 1. The van der Waals surface area contributed by atoms with Gasteiger partial charge in [0.1, 0.15) is 0 Å². The van der Waals surface area contributed by atoms with Gasteiger partial charge in [-0.1, -0.05) is 12.1 Å². The molecule has 0 spiro atoms. The maximum Gasteiger partial charge on any atom is 0.254 e. The molecule has 0 aliphatic carbocycles. The predicted octanol–water partition coefficient (Wildman–Crippen LogP) is 2.98. The third-order valence-corrected chi connectivity index (χ3v) is 6.36. The van der Waals surface area contributed by atoms with E-state index in [0.29, 0.717) is 12.1 Å². The first-order valence-corrected chi connectivity index (χ1v) is 10.0. The van der Waals surface area contributed by atoms with Crippen molar-refractivity contribution in [1.29, 1.82) is 0 Å². The monoisotopic (exact) mass is 341 g/mol. The first-order chi connectivity index (χ1) is 12.2. The Morgan fingerprint density at radius 1 is 1.00 bits per heavy atom. The van der Waals surface area contributed by atoms with Crippen LogP contribution < -0.4 is 0 Å². The lowest BCUT2D eigenvalue weighted by Gasteiger charge is -2.33. The first-order valence-electron chi connectivity index (χ1n) is 10.0. The van der Waals surface area contributed by atoms with Crippen molar-refractivity contribution in [3.8, 4) is 0 Å². The van der Waals surface area contributed by atoms with Gasteiger partial charge in [0.25, 0.3) is 5.91 Å². The van der Waals surface area contributed by atoms with Crippen LogP contribution in [0, 0.1) is 0 Å². The van der Waals surface area contributed by atoms with Crippen molar-refractivity contribution in [2.75, 3.05) is 33.2 Å². The van der Waals surface area contributed by atoms with Crippen LogP contribution in [0.3, 0.4) is 0 Å². The zero-order valence-electron chi connectivity index (χ0n) is 15.5. The Balaban J connectivity index is 1.47. The van der Waals surface area contributed by atoms with E-state index >= 15 is 0 Å². The maximum absolute atomic E-state index is 13.2. The number of nitrogens with zero attached hydrogens (tertiary/aromatic N) is 3. The van der Waals surface area contributed by atoms with Crippen molar-refractivity contribution >= 4 is 5.91 Å². The minimum atomic E-state index is 0.242. The molecule has 3 aliphatic rings. The summed E-state index contributed by atoms with van der Waals surface area (Å²) in [4.78, 5) is 20.3. The van der Waals surface area contributed by atoms with E-state index in [1.165, 1.54) is 50.9 Å². The summed E-state index contributed by atoms with van der Waals surface area (Å²) in [5.74, 6) is 0.242. The van der Waals surface area contributed by atoms with E-state index in [1.54, 1.807) is 0 Å². The molecule has 4 heteroatoms. The highest BCUT2D eigenvalue weighted by molar-refractivity contribution is 5.94. The van der Waals surface area contributed by atoms with Crippen LogP contribution in [0.15, 0.2) is 24.3 Å². The largest absolute Gasteiger partial charge is 0.334 e. The Morgan fingerprint density at radius 3 is 2.52 bits per heavy atom. The molecule has 3 fully saturated rings. The van der Waals surface area contributed by atoms with Gasteiger partial charge in [-0.05, 0) is 82.9 Å². The lowest BCUT2D eigenvalue weighted by molar-refractivity contribution is 0.0664. The Kier molecular flexibility index (Phi) is 5.09. The summed E-state index contributed by atoms with van der Waals surface area (Å²) < 4.78 is 0. The Morgan fingerprint density at radius 2 is 1.76 bits per heavy atom. The van der Waals surface area contributed by atoms with E-state index in [0.717, 1.165) is 31.5 Å². The number of hydrogen-bond acceptors (Lipinski definition) is 3. The summed E-state index contributed by atoms with van der Waals surface area (Å²) in [7, 11) is 2.22. The van der Waals surface area contributed by atoms with Crippen LogP contribution in [0.25, 0.3) is 0 Å². The topological polar surface area (TPSA) is 26.8 Å². The summed E-state index contributed by atoms with van der Waals surface area (Å²) in [6.07, 6.45) is 7.43. The van der Waals surface area contributed by atoms with E-state index in [-0.39, 0.29) is 5.91 Å². The van der Waals surface area contributed by atoms with Crippen LogP contribution in [0.1, 0.15) is 54.4 Å². The van der Waals surface area contributed by atoms with Gasteiger partial charge in [-0.3, -0.25) is 9.69 Å². The predicted molar refractivity (Wildman–Crippen MR) is 101 cm³/mol. The molecule has 136 valence electrons. The average Bonchev–Trinajstić information content (AvgIpc) is 3.35. The van der Waals surface area contributed by atoms with Crippen LogP contribution in [-0.4, -0.2) is 65.9 Å². The van der Waals surface area contributed by atoms with Crippen molar-refractivity contribution in [3.05, 3.63) is 35.4 Å². The molecule has 0 radical (unpaired) electrons. The van der Waals surface area contributed by atoms with E-state index in [9.17, 15) is 4.79 Å². The smallest absolute Gasteiger partial charge is 0.254 e. The third-order valence-electron chi connectivity index (χ3n) is 6.36. The van der Waals surface area contributed by atoms with Gasteiger partial charge in [0, 0.05) is 30.7 Å². The molecule has 3 aliphatic heterocycles. The minimum Gasteiger partial charge on any atom is -0.334 e. The fraction of sp³-hybridized carbons (Fsp3) is 0.667. The van der Waals surface area contributed by atoms with Crippen LogP contribution >= 0.6 is 0 Å². The molecule has 1 aromatic rings. The maximum atomic E-state index is 13.2. The number of carbonyl (C=O) groups is 1. The number of hydrogen-bond donors (Lipinski definition) is 0. The number of carbonyl (C=O) groups excluding carboxylic acids is 1. The number of rotatable bonds is 4. The molecule has 4 nitrogen and oxygen atoms in total. The summed E-state index contributed by atoms with van der Waals surface area (Å²) >= 11 is 0. The summed E-state index contributed by atoms with van der Waals surface area (Å²) in [6.45, 7) is 5.47. The van der Waals surface area contributed by atoms with Crippen molar-refractivity contribution in [3.63, 3.8) is 0 Å². The minimum absolute atomic E-state index is 0.242. The van der Waals surface area contributed by atoms with Gasteiger partial charge in [-0.15, -0.1) is 0 Å². The van der Waals surface area contributed by atoms with Gasteiger partial charge >= 0.3 is 0 Å². The fourth-order valence-corrected chi connectivity index (χ4v) is 5.03. The van der Waals surface area contributed by atoms with Crippen LogP contribution in [-0.2, 0) is 6.54 Å². The molecule has 3 saturated heterocycles. The van der Waals surface area contributed by atoms with Crippen LogP contribution in [0.5, 0.6) is 0 Å². The zero-order valence-corrected chi connectivity index (χ0v) is 15.5. The van der Waals surface area contributed by atoms with Gasteiger partial charge in [-0.2, -0.15) is 0 Å². The molecule has 3 heterocycles. The molecule has 2 atom stereocenters. The second-order valence-electron chi connectivity index (χ2n) is 8.08. The van der Waals surface area contributed by atoms with Gasteiger partial charge < -0.3 is 9.80 Å². The highest BCUT2D eigenvalue weighted by Gasteiger charge is 2.38. The molecular weight excluding hydrogens is 310 g/mol. The van der Waals surface area contributed by atoms with Crippen molar-refractivity contribution < 1.29 is 4.79 Å². The second kappa shape index (κ2) is 7.46. The van der Waals surface area contributed by atoms with Crippen molar-refractivity contribution in [1.82, 2.24) is 14.7 Å². The summed E-state index contributed by atoms with van der Waals surface area (Å²) in [5.41, 5.74) is 2.16. The van der Waals surface area contributed by atoms with E-state index in [1.807, 2.05) is 6.07 Å². The van der Waals surface area contributed by atoms with Gasteiger partial charge in [-0.25, -0.2) is 0 Å². The van der Waals surface area contributed by atoms with Crippen LogP contribution in [0.2, 0.25) is 0 Å². The highest BCUT2D eigenvalue weighted by atomic mass is 16.2. The van der Waals surface area contributed by atoms with Gasteiger partial charge in [0.05, 0.1) is 0 Å². The molecular formula is C21H31N3O. The van der Waals surface area contributed by atoms with Crippen LogP contribution in [0.4, 0.5) is 0 Å². The molecule has 2 unspecified atom stereocenters.